The Morgan fingerprint density at radius 3 is 2.91 bits per heavy atom. The van der Waals surface area contributed by atoms with Crippen LogP contribution >= 0.6 is 7.82 Å². The van der Waals surface area contributed by atoms with Gasteiger partial charge < -0.3 is 14.7 Å². The van der Waals surface area contributed by atoms with Crippen LogP contribution in [0.3, 0.4) is 0 Å². The molecule has 23 heavy (non-hydrogen) atoms. The molecular formula is C12H20N5O5P. The van der Waals surface area contributed by atoms with Gasteiger partial charge in [-0.15, -0.1) is 5.10 Å². The third-order valence-electron chi connectivity index (χ3n) is 4.13. The van der Waals surface area contributed by atoms with Crippen LogP contribution in [0.1, 0.15) is 31.9 Å². The van der Waals surface area contributed by atoms with Crippen LogP contribution in [-0.2, 0) is 22.2 Å². The van der Waals surface area contributed by atoms with Gasteiger partial charge in [0.05, 0.1) is 24.3 Å². The number of hydroxylamine groups is 2. The quantitative estimate of drug-likeness (QED) is 0.721. The maximum atomic E-state index is 12.3. The van der Waals surface area contributed by atoms with Crippen molar-refractivity contribution in [2.24, 2.45) is 0 Å². The van der Waals surface area contributed by atoms with E-state index in [-0.39, 0.29) is 12.1 Å². The minimum atomic E-state index is -4.74. The van der Waals surface area contributed by atoms with Gasteiger partial charge >= 0.3 is 13.9 Å². The number of fused-ring (bicyclic) bond motifs is 2. The van der Waals surface area contributed by atoms with E-state index in [0.717, 1.165) is 30.0 Å². The number of rotatable bonds is 6. The van der Waals surface area contributed by atoms with Gasteiger partial charge in [-0.05, 0) is 19.3 Å². The summed E-state index contributed by atoms with van der Waals surface area (Å²) < 4.78 is 17.2. The van der Waals surface area contributed by atoms with E-state index in [2.05, 4.69) is 21.9 Å². The molecule has 3 heterocycles. The van der Waals surface area contributed by atoms with Gasteiger partial charge in [-0.25, -0.2) is 9.36 Å². The lowest BCUT2D eigenvalue weighted by Crippen LogP contribution is -2.42. The van der Waals surface area contributed by atoms with Crippen LogP contribution in [0.5, 0.6) is 0 Å². The molecule has 0 spiro atoms. The minimum Gasteiger partial charge on any atom is -0.316 e. The molecule has 2 fully saturated rings. The summed E-state index contributed by atoms with van der Waals surface area (Å²) in [6.07, 6.45) is 5.08. The van der Waals surface area contributed by atoms with Crippen molar-refractivity contribution in [2.45, 2.75) is 51.2 Å². The monoisotopic (exact) mass is 345 g/mol. The van der Waals surface area contributed by atoms with Crippen LogP contribution in [0.25, 0.3) is 0 Å². The maximum Gasteiger partial charge on any atom is 0.491 e. The van der Waals surface area contributed by atoms with E-state index >= 15 is 0 Å². The summed E-state index contributed by atoms with van der Waals surface area (Å²) in [5.41, 5.74) is 0.917. The summed E-state index contributed by atoms with van der Waals surface area (Å²) in [5, 5.41) is 8.98. The Morgan fingerprint density at radius 2 is 2.22 bits per heavy atom. The highest BCUT2D eigenvalue weighted by atomic mass is 31.2. The fourth-order valence-corrected chi connectivity index (χ4v) is 3.57. The second-order valence-corrected chi connectivity index (χ2v) is 7.04. The number of nitrogens with zero attached hydrogens (tertiary/aromatic N) is 5. The highest BCUT2D eigenvalue weighted by Gasteiger charge is 2.47. The highest BCUT2D eigenvalue weighted by Crippen LogP contribution is 2.42. The molecule has 1 aromatic rings. The first-order valence-corrected chi connectivity index (χ1v) is 9.14. The number of phosphoric acid groups is 1. The van der Waals surface area contributed by atoms with Crippen molar-refractivity contribution in [2.75, 3.05) is 6.54 Å². The van der Waals surface area contributed by atoms with Gasteiger partial charge in [-0.1, -0.05) is 18.6 Å². The Kier molecular flexibility index (Phi) is 4.41. The standard InChI is InChI=1S/C12H20N5O5P/c1-2-3-9-6-15(14-13-9)7-10-4-5-11-8-16(10)12(18)17(11)22-23(19,20)21/h6,10-11H,2-5,7-8H2,1H3,(H2,19,20,21)/t10-,11+/m0/s1. The van der Waals surface area contributed by atoms with Gasteiger partial charge in [0.1, 0.15) is 0 Å². The number of hydrogen-bond donors (Lipinski definition) is 2. The summed E-state index contributed by atoms with van der Waals surface area (Å²) in [6.45, 7) is 2.98. The second-order valence-electron chi connectivity index (χ2n) is 5.90. The molecule has 2 aliphatic rings. The number of piperidine rings is 1. The Bertz CT molecular complexity index is 631. The van der Waals surface area contributed by atoms with Crippen molar-refractivity contribution in [1.29, 1.82) is 0 Å². The van der Waals surface area contributed by atoms with Crippen molar-refractivity contribution in [1.82, 2.24) is 25.0 Å². The molecule has 0 radical (unpaired) electrons. The summed E-state index contributed by atoms with van der Waals surface area (Å²) >= 11 is 0. The SMILES string of the molecule is CCCc1cn(C[C@@H]2CC[C@@H]3CN2C(=O)N3OP(=O)(O)O)nn1. The minimum absolute atomic E-state index is 0.0831. The molecule has 0 aromatic carbocycles. The fourth-order valence-electron chi connectivity index (χ4n) is 3.14. The van der Waals surface area contributed by atoms with Gasteiger partial charge in [0.25, 0.3) is 0 Å². The molecule has 0 unspecified atom stereocenters. The van der Waals surface area contributed by atoms with Gasteiger partial charge in [0.15, 0.2) is 0 Å². The van der Waals surface area contributed by atoms with Crippen molar-refractivity contribution >= 4 is 13.9 Å². The first kappa shape index (κ1) is 16.4. The lowest BCUT2D eigenvalue weighted by Gasteiger charge is -2.30. The van der Waals surface area contributed by atoms with Gasteiger partial charge in [0, 0.05) is 12.7 Å². The molecule has 2 N–H and O–H groups in total. The summed E-state index contributed by atoms with van der Waals surface area (Å²) in [4.78, 5) is 31.7. The predicted octanol–water partition coefficient (Wildman–Crippen LogP) is 0.523. The van der Waals surface area contributed by atoms with Gasteiger partial charge in [-0.3, -0.25) is 4.68 Å². The lowest BCUT2D eigenvalue weighted by atomic mass is 10.0. The molecule has 10 nitrogen and oxygen atoms in total. The predicted molar refractivity (Wildman–Crippen MR) is 77.9 cm³/mol. The Balaban J connectivity index is 1.67. The molecule has 0 aliphatic carbocycles. The van der Waals surface area contributed by atoms with Crippen molar-refractivity contribution in [3.8, 4) is 0 Å². The van der Waals surface area contributed by atoms with Crippen molar-refractivity contribution in [3.05, 3.63) is 11.9 Å². The first-order valence-electron chi connectivity index (χ1n) is 7.61. The zero-order valence-electron chi connectivity index (χ0n) is 12.8. The second kappa shape index (κ2) is 6.20. The average molecular weight is 345 g/mol. The number of amides is 2. The van der Waals surface area contributed by atoms with Crippen LogP contribution < -0.4 is 0 Å². The number of aromatic nitrogens is 3. The molecule has 1 aromatic heterocycles. The molecule has 2 bridgehead atoms. The van der Waals surface area contributed by atoms with E-state index in [1.165, 1.54) is 0 Å². The zero-order chi connectivity index (χ0) is 16.6. The number of urea groups is 1. The van der Waals surface area contributed by atoms with E-state index in [1.54, 1.807) is 9.58 Å². The Morgan fingerprint density at radius 1 is 1.43 bits per heavy atom. The van der Waals surface area contributed by atoms with Gasteiger partial charge in [-0.2, -0.15) is 9.69 Å². The summed E-state index contributed by atoms with van der Waals surface area (Å²) in [6, 6.07) is -0.909. The van der Waals surface area contributed by atoms with Crippen molar-refractivity contribution < 1.29 is 23.8 Å². The van der Waals surface area contributed by atoms with Crippen molar-refractivity contribution in [3.63, 3.8) is 0 Å². The Labute approximate surface area is 133 Å². The number of carbonyl (C=O) groups excluding carboxylic acids is 1. The molecule has 11 heteroatoms. The lowest BCUT2D eigenvalue weighted by molar-refractivity contribution is -0.0526. The molecular weight excluding hydrogens is 325 g/mol. The van der Waals surface area contributed by atoms with Gasteiger partial charge in [0.2, 0.25) is 0 Å². The highest BCUT2D eigenvalue weighted by molar-refractivity contribution is 7.46. The molecule has 2 atom stereocenters. The van der Waals surface area contributed by atoms with Crippen LogP contribution in [0.4, 0.5) is 4.79 Å². The molecule has 2 amide bonds. The fraction of sp³-hybridized carbons (Fsp3) is 0.750. The largest absolute Gasteiger partial charge is 0.491 e. The number of carbonyl (C=O) groups is 1. The van der Waals surface area contributed by atoms with E-state index in [0.29, 0.717) is 19.5 Å². The van der Waals surface area contributed by atoms with E-state index < -0.39 is 13.9 Å². The molecule has 3 rings (SSSR count). The molecule has 0 saturated carbocycles. The normalized spacial score (nSPS) is 24.6. The zero-order valence-corrected chi connectivity index (χ0v) is 13.7. The average Bonchev–Trinajstić information content (AvgIpc) is 3.00. The smallest absolute Gasteiger partial charge is 0.316 e. The van der Waals surface area contributed by atoms with E-state index in [9.17, 15) is 9.36 Å². The first-order chi connectivity index (χ1) is 10.9. The van der Waals surface area contributed by atoms with Crippen LogP contribution in [-0.4, -0.2) is 59.4 Å². The number of aryl methyl sites for hydroxylation is 1. The van der Waals surface area contributed by atoms with E-state index in [1.807, 2.05) is 6.20 Å². The summed E-state index contributed by atoms with van der Waals surface area (Å²) in [5.74, 6) is 0. The van der Waals surface area contributed by atoms with Crippen LogP contribution in [0, 0.1) is 0 Å². The summed E-state index contributed by atoms with van der Waals surface area (Å²) in [7, 11) is -4.74. The molecule has 2 aliphatic heterocycles. The third kappa shape index (κ3) is 3.55. The van der Waals surface area contributed by atoms with Crippen LogP contribution in [0.2, 0.25) is 0 Å². The Hall–Kier alpha value is -1.48. The molecule has 2 saturated heterocycles. The maximum absolute atomic E-state index is 12.3. The topological polar surface area (TPSA) is 121 Å². The third-order valence-corrected chi connectivity index (χ3v) is 4.52. The molecule has 128 valence electrons. The van der Waals surface area contributed by atoms with Crippen LogP contribution in [0.15, 0.2) is 6.20 Å². The van der Waals surface area contributed by atoms with E-state index in [4.69, 9.17) is 9.79 Å². The number of hydrogen-bond acceptors (Lipinski definition) is 5.